The van der Waals surface area contributed by atoms with Crippen LogP contribution in [-0.2, 0) is 15.8 Å². The van der Waals surface area contributed by atoms with Gasteiger partial charge in [0, 0.05) is 12.6 Å². The maximum atomic E-state index is 12.1. The van der Waals surface area contributed by atoms with E-state index in [9.17, 15) is 8.42 Å². The highest BCUT2D eigenvalue weighted by atomic mass is 35.5. The van der Waals surface area contributed by atoms with Crippen LogP contribution in [0.5, 0.6) is 0 Å². The zero-order valence-electron chi connectivity index (χ0n) is 11.8. The molecule has 0 aliphatic rings. The number of nitrogens with one attached hydrogen (secondary N) is 1. The first kappa shape index (κ1) is 21.0. The maximum absolute atomic E-state index is 12.1. The van der Waals surface area contributed by atoms with Gasteiger partial charge in [-0.15, -0.1) is 12.4 Å². The summed E-state index contributed by atoms with van der Waals surface area (Å²) in [5, 5.41) is 0.754. The number of sulfonamides is 1. The van der Waals surface area contributed by atoms with E-state index in [1.54, 1.807) is 18.2 Å². The van der Waals surface area contributed by atoms with Gasteiger partial charge in [0.15, 0.2) is 0 Å². The number of hydrogen-bond acceptors (Lipinski definition) is 3. The first-order valence-electron chi connectivity index (χ1n) is 6.52. The van der Waals surface area contributed by atoms with Crippen molar-refractivity contribution < 1.29 is 8.42 Å². The Labute approximate surface area is 142 Å². The molecule has 1 aromatic rings. The van der Waals surface area contributed by atoms with Gasteiger partial charge in [-0.1, -0.05) is 49.0 Å². The fourth-order valence-electron chi connectivity index (χ4n) is 1.82. The van der Waals surface area contributed by atoms with Crippen molar-refractivity contribution in [2.24, 2.45) is 5.73 Å². The highest BCUT2D eigenvalue weighted by Gasteiger charge is 2.17. The van der Waals surface area contributed by atoms with Gasteiger partial charge in [0.25, 0.3) is 0 Å². The topological polar surface area (TPSA) is 72.2 Å². The van der Waals surface area contributed by atoms with Gasteiger partial charge >= 0.3 is 0 Å². The molecular formula is C13H21Cl3N2O2S. The average molecular weight is 376 g/mol. The van der Waals surface area contributed by atoms with Crippen molar-refractivity contribution >= 4 is 45.6 Å². The van der Waals surface area contributed by atoms with Crippen LogP contribution in [0.25, 0.3) is 0 Å². The summed E-state index contributed by atoms with van der Waals surface area (Å²) in [6, 6.07) is 4.58. The van der Waals surface area contributed by atoms with Crippen LogP contribution in [0.15, 0.2) is 18.2 Å². The minimum Gasteiger partial charge on any atom is -0.329 e. The summed E-state index contributed by atoms with van der Waals surface area (Å²) in [7, 11) is -3.44. The summed E-state index contributed by atoms with van der Waals surface area (Å²) in [6.45, 7) is 2.35. The molecule has 0 heterocycles. The molecule has 0 saturated carbocycles. The second-order valence-electron chi connectivity index (χ2n) is 4.70. The first-order chi connectivity index (χ1) is 9.38. The molecule has 1 rings (SSSR count). The van der Waals surface area contributed by atoms with Gasteiger partial charge in [-0.3, -0.25) is 0 Å². The van der Waals surface area contributed by atoms with Crippen molar-refractivity contribution in [1.82, 2.24) is 4.72 Å². The van der Waals surface area contributed by atoms with E-state index in [0.717, 1.165) is 19.3 Å². The van der Waals surface area contributed by atoms with Crippen LogP contribution in [0.3, 0.4) is 0 Å². The normalized spacial score (nSPS) is 12.8. The lowest BCUT2D eigenvalue weighted by atomic mass is 10.1. The molecule has 0 fully saturated rings. The van der Waals surface area contributed by atoms with Crippen molar-refractivity contribution in [3.63, 3.8) is 0 Å². The average Bonchev–Trinajstić information content (AvgIpc) is 2.38. The highest BCUT2D eigenvalue weighted by molar-refractivity contribution is 7.88. The van der Waals surface area contributed by atoms with E-state index in [1.807, 2.05) is 0 Å². The van der Waals surface area contributed by atoms with Crippen LogP contribution in [0, 0.1) is 0 Å². The van der Waals surface area contributed by atoms with E-state index >= 15 is 0 Å². The number of nitrogens with two attached hydrogens (primary N) is 1. The van der Waals surface area contributed by atoms with Crippen molar-refractivity contribution in [3.05, 3.63) is 33.8 Å². The zero-order valence-corrected chi connectivity index (χ0v) is 15.0. The Morgan fingerprint density at radius 3 is 2.48 bits per heavy atom. The molecule has 0 spiro atoms. The van der Waals surface area contributed by atoms with Crippen molar-refractivity contribution in [1.29, 1.82) is 0 Å². The molecule has 122 valence electrons. The third-order valence-corrected chi connectivity index (χ3v) is 5.02. The second-order valence-corrected chi connectivity index (χ2v) is 7.27. The standard InChI is InChI=1S/C13H20Cl2N2O2S.ClH/c1-2-3-4-11(8-16)17-20(18,19)9-10-5-6-12(14)13(15)7-10;/h5-7,11,17H,2-4,8-9,16H2,1H3;1H. The Morgan fingerprint density at radius 2 is 1.95 bits per heavy atom. The SMILES string of the molecule is CCCCC(CN)NS(=O)(=O)Cc1ccc(Cl)c(Cl)c1.Cl. The predicted molar refractivity (Wildman–Crippen MR) is 91.8 cm³/mol. The van der Waals surface area contributed by atoms with Gasteiger partial charge in [-0.2, -0.15) is 0 Å². The molecule has 4 nitrogen and oxygen atoms in total. The Balaban J connectivity index is 0.00000400. The van der Waals surface area contributed by atoms with Crippen molar-refractivity contribution in [2.75, 3.05) is 6.54 Å². The van der Waals surface area contributed by atoms with Gasteiger partial charge in [-0.25, -0.2) is 13.1 Å². The van der Waals surface area contributed by atoms with Crippen LogP contribution >= 0.6 is 35.6 Å². The summed E-state index contributed by atoms with van der Waals surface area (Å²) < 4.78 is 26.8. The van der Waals surface area contributed by atoms with E-state index in [1.165, 1.54) is 0 Å². The summed E-state index contributed by atoms with van der Waals surface area (Å²) in [4.78, 5) is 0. The molecule has 1 atom stereocenters. The van der Waals surface area contributed by atoms with Gasteiger partial charge in [0.1, 0.15) is 0 Å². The van der Waals surface area contributed by atoms with Crippen molar-refractivity contribution in [3.8, 4) is 0 Å². The van der Waals surface area contributed by atoms with Crippen LogP contribution in [0.4, 0.5) is 0 Å². The molecular weight excluding hydrogens is 355 g/mol. The highest BCUT2D eigenvalue weighted by Crippen LogP contribution is 2.23. The monoisotopic (exact) mass is 374 g/mol. The lowest BCUT2D eigenvalue weighted by Gasteiger charge is -2.16. The summed E-state index contributed by atoms with van der Waals surface area (Å²) >= 11 is 11.7. The molecule has 8 heteroatoms. The maximum Gasteiger partial charge on any atom is 0.216 e. The molecule has 0 saturated heterocycles. The molecule has 0 aliphatic carbocycles. The van der Waals surface area contributed by atoms with Gasteiger partial charge in [-0.05, 0) is 24.1 Å². The Bertz CT molecular complexity index is 538. The first-order valence-corrected chi connectivity index (χ1v) is 8.92. The van der Waals surface area contributed by atoms with Gasteiger partial charge in [0.2, 0.25) is 10.0 Å². The van der Waals surface area contributed by atoms with E-state index in [4.69, 9.17) is 28.9 Å². The Kier molecular flexibility index (Phi) is 9.85. The predicted octanol–water partition coefficient (Wildman–Crippen LogP) is 3.35. The van der Waals surface area contributed by atoms with Crippen LogP contribution in [0.2, 0.25) is 10.0 Å². The minimum atomic E-state index is -3.44. The third kappa shape index (κ3) is 7.68. The quantitative estimate of drug-likeness (QED) is 0.732. The molecule has 0 aromatic heterocycles. The molecule has 0 aliphatic heterocycles. The van der Waals surface area contributed by atoms with E-state index in [2.05, 4.69) is 11.6 Å². The lowest BCUT2D eigenvalue weighted by Crippen LogP contribution is -2.40. The number of halogens is 3. The lowest BCUT2D eigenvalue weighted by molar-refractivity contribution is 0.516. The van der Waals surface area contributed by atoms with Gasteiger partial charge < -0.3 is 5.73 Å². The fraction of sp³-hybridized carbons (Fsp3) is 0.538. The number of rotatable bonds is 8. The molecule has 0 bridgehead atoms. The third-order valence-electron chi connectivity index (χ3n) is 2.88. The van der Waals surface area contributed by atoms with Crippen LogP contribution < -0.4 is 10.5 Å². The molecule has 1 aromatic carbocycles. The smallest absolute Gasteiger partial charge is 0.216 e. The molecule has 3 N–H and O–H groups in total. The fourth-order valence-corrected chi connectivity index (χ4v) is 3.56. The number of benzene rings is 1. The Morgan fingerprint density at radius 1 is 1.29 bits per heavy atom. The second kappa shape index (κ2) is 9.87. The van der Waals surface area contributed by atoms with Gasteiger partial charge in [0.05, 0.1) is 15.8 Å². The van der Waals surface area contributed by atoms with E-state index in [0.29, 0.717) is 22.2 Å². The Hall–Kier alpha value is -0.0400. The number of hydrogen-bond donors (Lipinski definition) is 2. The molecule has 21 heavy (non-hydrogen) atoms. The zero-order chi connectivity index (χ0) is 15.2. The minimum absolute atomic E-state index is 0. The van der Waals surface area contributed by atoms with E-state index < -0.39 is 10.0 Å². The van der Waals surface area contributed by atoms with Crippen LogP contribution in [0.1, 0.15) is 31.7 Å². The van der Waals surface area contributed by atoms with Crippen molar-refractivity contribution in [2.45, 2.75) is 38.0 Å². The number of unbranched alkanes of at least 4 members (excludes halogenated alkanes) is 1. The molecule has 0 amide bonds. The molecule has 0 radical (unpaired) electrons. The van der Waals surface area contributed by atoms with Crippen LogP contribution in [-0.4, -0.2) is 21.0 Å². The van der Waals surface area contributed by atoms with E-state index in [-0.39, 0.29) is 24.2 Å². The summed E-state index contributed by atoms with van der Waals surface area (Å²) in [6.07, 6.45) is 2.69. The summed E-state index contributed by atoms with van der Waals surface area (Å²) in [5.41, 5.74) is 6.19. The largest absolute Gasteiger partial charge is 0.329 e. The molecule has 1 unspecified atom stereocenters. The summed E-state index contributed by atoms with van der Waals surface area (Å²) in [5.74, 6) is -0.132.